The smallest absolute Gasteiger partial charge is 0.320 e. The predicted octanol–water partition coefficient (Wildman–Crippen LogP) is 5.28. The first kappa shape index (κ1) is 32.4. The molecule has 12 heteroatoms. The zero-order valence-corrected chi connectivity index (χ0v) is 28.4. The Labute approximate surface area is 275 Å². The van der Waals surface area contributed by atoms with E-state index >= 15 is 0 Å². The number of urea groups is 1. The fraction of sp³-hybridized carbons (Fsp3) is 0.486. The quantitative estimate of drug-likeness (QED) is 0.302. The number of ether oxygens (including phenoxy) is 1. The number of nitrogens with one attached hydrogen (secondary N) is 2. The number of rotatable bonds is 5. The van der Waals surface area contributed by atoms with Gasteiger partial charge in [-0.15, -0.1) is 10.2 Å². The van der Waals surface area contributed by atoms with Gasteiger partial charge in [0.2, 0.25) is 5.82 Å². The Bertz CT molecular complexity index is 1780. The number of aromatic nitrogens is 5. The number of nitrogens with zero attached hydrogens (tertiary/aromatic N) is 7. The summed E-state index contributed by atoms with van der Waals surface area (Å²) in [6.45, 7) is 15.2. The van der Waals surface area contributed by atoms with Crippen LogP contribution in [0.5, 0.6) is 5.75 Å². The minimum atomic E-state index is -0.395. The van der Waals surface area contributed by atoms with Gasteiger partial charge in [0.1, 0.15) is 23.5 Å². The summed E-state index contributed by atoms with van der Waals surface area (Å²) in [7, 11) is 2.04. The summed E-state index contributed by atoms with van der Waals surface area (Å²) in [6, 6.07) is 13.0. The van der Waals surface area contributed by atoms with Crippen LogP contribution in [0.3, 0.4) is 0 Å². The number of fused-ring (bicyclic) bond motifs is 2. The third-order valence-electron chi connectivity index (χ3n) is 8.78. The van der Waals surface area contributed by atoms with Gasteiger partial charge in [-0.25, -0.2) is 14.8 Å². The summed E-state index contributed by atoms with van der Waals surface area (Å²) in [6.07, 6.45) is 3.16. The van der Waals surface area contributed by atoms with E-state index in [9.17, 15) is 9.59 Å². The second-order valence-corrected chi connectivity index (χ2v) is 14.6. The maximum absolute atomic E-state index is 13.4. The molecule has 3 aromatic heterocycles. The van der Waals surface area contributed by atoms with E-state index in [2.05, 4.69) is 62.5 Å². The van der Waals surface area contributed by atoms with Crippen LogP contribution in [0.1, 0.15) is 99.8 Å². The third kappa shape index (κ3) is 7.07. The van der Waals surface area contributed by atoms with Crippen LogP contribution < -0.4 is 15.4 Å². The Kier molecular flexibility index (Phi) is 8.64. The molecule has 0 bridgehead atoms. The second kappa shape index (κ2) is 12.6. The van der Waals surface area contributed by atoms with Crippen molar-refractivity contribution in [2.75, 3.05) is 38.5 Å². The number of benzene rings is 1. The van der Waals surface area contributed by atoms with Gasteiger partial charge >= 0.3 is 6.03 Å². The lowest BCUT2D eigenvalue weighted by Gasteiger charge is -2.32. The molecule has 1 saturated heterocycles. The first-order chi connectivity index (χ1) is 22.3. The van der Waals surface area contributed by atoms with Gasteiger partial charge in [-0.2, -0.15) is 0 Å². The van der Waals surface area contributed by atoms with E-state index in [0.717, 1.165) is 41.4 Å². The molecular weight excluding hydrogens is 594 g/mol. The van der Waals surface area contributed by atoms with E-state index in [1.807, 2.05) is 68.7 Å². The Morgan fingerprint density at radius 1 is 0.872 bits per heavy atom. The Balaban J connectivity index is 1.18. The van der Waals surface area contributed by atoms with Crippen molar-refractivity contribution in [1.29, 1.82) is 0 Å². The molecule has 0 saturated carbocycles. The number of hydrogen-bond donors (Lipinski definition) is 2. The van der Waals surface area contributed by atoms with Gasteiger partial charge in [-0.1, -0.05) is 65.8 Å². The Hall–Kier alpha value is -4.58. The average Bonchev–Trinajstić information content (AvgIpc) is 3.46. The minimum absolute atomic E-state index is 0.0968. The molecule has 0 radical (unpaired) electrons. The molecule has 2 N–H and O–H groups in total. The van der Waals surface area contributed by atoms with Gasteiger partial charge in [0.05, 0.1) is 17.9 Å². The molecule has 47 heavy (non-hydrogen) atoms. The standard InChI is InChI=1S/C35H45N9O3/c1-34(2,3)27-20-28(38-30(37-27)31(45)43-18-16-42(7)17-19-43)39-33(46)36-25-13-14-26(24-11-9-8-10-23(24)25)47-22-12-15-29-40-41-32(35(4,5)6)44(29)21-22/h8-12,15,20-21,25-26H,13-14,16-19H2,1-7H3,(H2,36,37,38,39,46)/t25-,26+/m0/s1. The highest BCUT2D eigenvalue weighted by Gasteiger charge is 2.31. The number of piperazine rings is 1. The van der Waals surface area contributed by atoms with Crippen molar-refractivity contribution in [3.05, 3.63) is 77.1 Å². The number of carbonyl (C=O) groups is 2. The number of anilines is 1. The first-order valence-electron chi connectivity index (χ1n) is 16.3. The van der Waals surface area contributed by atoms with Gasteiger partial charge in [0.25, 0.3) is 5.91 Å². The normalized spacial score (nSPS) is 18.9. The van der Waals surface area contributed by atoms with Crippen molar-refractivity contribution in [3.8, 4) is 5.75 Å². The molecule has 1 aliphatic carbocycles. The van der Waals surface area contributed by atoms with Crippen LogP contribution in [-0.2, 0) is 10.8 Å². The van der Waals surface area contributed by atoms with E-state index in [4.69, 9.17) is 4.74 Å². The summed E-state index contributed by atoms with van der Waals surface area (Å²) < 4.78 is 8.54. The zero-order valence-electron chi connectivity index (χ0n) is 28.4. The molecule has 1 aliphatic heterocycles. The molecule has 2 aliphatic rings. The lowest BCUT2D eigenvalue weighted by Crippen LogP contribution is -2.47. The van der Waals surface area contributed by atoms with Crippen LogP contribution in [0, 0.1) is 0 Å². The van der Waals surface area contributed by atoms with E-state index in [-0.39, 0.29) is 34.7 Å². The first-order valence-corrected chi connectivity index (χ1v) is 16.3. The summed E-state index contributed by atoms with van der Waals surface area (Å²) in [4.78, 5) is 39.9. The highest BCUT2D eigenvalue weighted by Crippen LogP contribution is 2.39. The molecule has 248 valence electrons. The predicted molar refractivity (Wildman–Crippen MR) is 180 cm³/mol. The molecule has 2 atom stereocenters. The fourth-order valence-corrected chi connectivity index (χ4v) is 6.09. The van der Waals surface area contributed by atoms with Gasteiger partial charge in [0, 0.05) is 43.1 Å². The highest BCUT2D eigenvalue weighted by molar-refractivity contribution is 5.93. The van der Waals surface area contributed by atoms with Crippen molar-refractivity contribution in [2.45, 2.75) is 77.4 Å². The van der Waals surface area contributed by atoms with Crippen LogP contribution in [0.4, 0.5) is 10.6 Å². The zero-order chi connectivity index (χ0) is 33.5. The van der Waals surface area contributed by atoms with E-state index in [1.54, 1.807) is 11.0 Å². The average molecular weight is 640 g/mol. The monoisotopic (exact) mass is 639 g/mol. The number of hydrogen-bond acceptors (Lipinski definition) is 8. The number of carbonyl (C=O) groups excluding carboxylic acids is 2. The second-order valence-electron chi connectivity index (χ2n) is 14.6. The number of likely N-dealkylation sites (N-methyl/N-ethyl adjacent to an activating group) is 1. The minimum Gasteiger partial charge on any atom is -0.484 e. The van der Waals surface area contributed by atoms with E-state index in [0.29, 0.717) is 37.4 Å². The molecule has 0 unspecified atom stereocenters. The summed E-state index contributed by atoms with van der Waals surface area (Å²) in [5, 5.41) is 14.7. The van der Waals surface area contributed by atoms with Crippen LogP contribution in [0.2, 0.25) is 0 Å². The molecule has 6 rings (SSSR count). The Morgan fingerprint density at radius 2 is 1.60 bits per heavy atom. The van der Waals surface area contributed by atoms with Crippen molar-refractivity contribution in [3.63, 3.8) is 0 Å². The van der Waals surface area contributed by atoms with Crippen molar-refractivity contribution in [2.24, 2.45) is 0 Å². The van der Waals surface area contributed by atoms with Gasteiger partial charge in [-0.05, 0) is 43.1 Å². The molecule has 4 aromatic rings. The van der Waals surface area contributed by atoms with Gasteiger partial charge in [-0.3, -0.25) is 14.5 Å². The molecule has 4 heterocycles. The maximum Gasteiger partial charge on any atom is 0.320 e. The molecule has 3 amide bonds. The van der Waals surface area contributed by atoms with Gasteiger partial charge in [0.15, 0.2) is 5.65 Å². The van der Waals surface area contributed by atoms with Crippen LogP contribution >= 0.6 is 0 Å². The lowest BCUT2D eigenvalue weighted by atomic mass is 9.85. The molecule has 1 fully saturated rings. The molecule has 0 spiro atoms. The topological polar surface area (TPSA) is 130 Å². The lowest BCUT2D eigenvalue weighted by molar-refractivity contribution is 0.0651. The largest absolute Gasteiger partial charge is 0.484 e. The molecular formula is C35H45N9O3. The van der Waals surface area contributed by atoms with Crippen LogP contribution in [-0.4, -0.2) is 79.5 Å². The fourth-order valence-electron chi connectivity index (χ4n) is 6.09. The van der Waals surface area contributed by atoms with Crippen molar-refractivity contribution < 1.29 is 14.3 Å². The van der Waals surface area contributed by atoms with Crippen molar-refractivity contribution >= 4 is 23.4 Å². The SMILES string of the molecule is CN1CCN(C(=O)c2nc(NC(=O)N[C@H]3CC[C@@H](Oc4ccc5nnc(C(C)(C)C)n5c4)c4ccccc43)cc(C(C)(C)C)n2)CC1. The summed E-state index contributed by atoms with van der Waals surface area (Å²) in [5.41, 5.74) is 2.97. The van der Waals surface area contributed by atoms with Crippen LogP contribution in [0.15, 0.2) is 48.7 Å². The Morgan fingerprint density at radius 3 is 2.30 bits per heavy atom. The van der Waals surface area contributed by atoms with Crippen LogP contribution in [0.25, 0.3) is 5.65 Å². The molecule has 1 aromatic carbocycles. The highest BCUT2D eigenvalue weighted by atomic mass is 16.5. The number of amides is 3. The van der Waals surface area contributed by atoms with E-state index < -0.39 is 6.03 Å². The van der Waals surface area contributed by atoms with E-state index in [1.165, 1.54) is 0 Å². The third-order valence-corrected chi connectivity index (χ3v) is 8.78. The maximum atomic E-state index is 13.4. The molecule has 12 nitrogen and oxygen atoms in total. The van der Waals surface area contributed by atoms with Crippen molar-refractivity contribution in [1.82, 2.24) is 39.7 Å². The summed E-state index contributed by atoms with van der Waals surface area (Å²) in [5.74, 6) is 1.76. The van der Waals surface area contributed by atoms with Gasteiger partial charge < -0.3 is 19.9 Å². The summed E-state index contributed by atoms with van der Waals surface area (Å²) >= 11 is 0. The number of pyridine rings is 1.